The molecule has 5 nitrogen and oxygen atoms in total. The van der Waals surface area contributed by atoms with Crippen molar-refractivity contribution in [1.82, 2.24) is 9.80 Å². The molecule has 5 rings (SSSR count). The van der Waals surface area contributed by atoms with Crippen LogP contribution in [0.3, 0.4) is 0 Å². The van der Waals surface area contributed by atoms with Crippen molar-refractivity contribution in [2.24, 2.45) is 5.73 Å². The number of ether oxygens (including phenoxy) is 1. The molecule has 0 spiro atoms. The van der Waals surface area contributed by atoms with Crippen molar-refractivity contribution >= 4 is 16.7 Å². The number of carbonyl (C=O) groups excluding carboxylic acids is 1. The maximum atomic E-state index is 13.1. The van der Waals surface area contributed by atoms with Crippen LogP contribution >= 0.6 is 0 Å². The number of fused-ring (bicyclic) bond motifs is 2. The summed E-state index contributed by atoms with van der Waals surface area (Å²) >= 11 is 0. The number of benzene rings is 3. The fourth-order valence-corrected chi connectivity index (χ4v) is 5.20. The molecule has 2 aliphatic rings. The Labute approximate surface area is 189 Å². The third-order valence-corrected chi connectivity index (χ3v) is 6.84. The molecule has 3 aromatic rings. The van der Waals surface area contributed by atoms with E-state index in [1.807, 2.05) is 30.3 Å². The van der Waals surface area contributed by atoms with Gasteiger partial charge in [-0.1, -0.05) is 48.5 Å². The minimum atomic E-state index is -0.133. The molecule has 1 amide bonds. The quantitative estimate of drug-likeness (QED) is 0.681. The summed E-state index contributed by atoms with van der Waals surface area (Å²) in [4.78, 5) is 17.2. The molecule has 0 bridgehead atoms. The van der Waals surface area contributed by atoms with E-state index in [4.69, 9.17) is 10.5 Å². The first-order chi connectivity index (χ1) is 15.5. The van der Waals surface area contributed by atoms with Crippen LogP contribution in [0.4, 0.5) is 0 Å². The molecule has 1 unspecified atom stereocenters. The van der Waals surface area contributed by atoms with Crippen LogP contribution in [-0.2, 0) is 6.42 Å². The number of hydrogen-bond donors (Lipinski definition) is 1. The lowest BCUT2D eigenvalue weighted by molar-refractivity contribution is 0.0577. The maximum absolute atomic E-state index is 13.1. The van der Waals surface area contributed by atoms with Crippen LogP contribution < -0.4 is 10.5 Å². The van der Waals surface area contributed by atoms with Crippen molar-refractivity contribution in [2.45, 2.75) is 37.5 Å². The molecular formula is C27H31N3O2. The first-order valence-electron chi connectivity index (χ1n) is 11.5. The zero-order chi connectivity index (χ0) is 22.2. The topological polar surface area (TPSA) is 58.8 Å². The van der Waals surface area contributed by atoms with E-state index < -0.39 is 0 Å². The maximum Gasteiger partial charge on any atom is 0.257 e. The molecule has 1 saturated heterocycles. The van der Waals surface area contributed by atoms with E-state index in [0.717, 1.165) is 43.1 Å². The third-order valence-electron chi connectivity index (χ3n) is 6.84. The fourth-order valence-electron chi connectivity index (χ4n) is 5.20. The Bertz CT molecular complexity index is 1140. The molecule has 5 heteroatoms. The summed E-state index contributed by atoms with van der Waals surface area (Å²) in [6.45, 7) is 1.92. The van der Waals surface area contributed by atoms with Gasteiger partial charge in [0.05, 0.1) is 11.6 Å². The van der Waals surface area contributed by atoms with Crippen LogP contribution in [-0.4, -0.2) is 55.0 Å². The van der Waals surface area contributed by atoms with Gasteiger partial charge in [0, 0.05) is 26.7 Å². The van der Waals surface area contributed by atoms with Gasteiger partial charge >= 0.3 is 0 Å². The predicted molar refractivity (Wildman–Crippen MR) is 128 cm³/mol. The van der Waals surface area contributed by atoms with Gasteiger partial charge in [0.2, 0.25) is 0 Å². The molecule has 1 aliphatic carbocycles. The first kappa shape index (κ1) is 21.0. The molecule has 0 saturated carbocycles. The summed E-state index contributed by atoms with van der Waals surface area (Å²) in [7, 11) is 3.56. The van der Waals surface area contributed by atoms with Crippen LogP contribution in [0.15, 0.2) is 60.7 Å². The minimum Gasteiger partial charge on any atom is -0.483 e. The van der Waals surface area contributed by atoms with Gasteiger partial charge in [-0.15, -0.1) is 0 Å². The Kier molecular flexibility index (Phi) is 5.62. The van der Waals surface area contributed by atoms with E-state index in [2.05, 4.69) is 35.2 Å². The number of rotatable bonds is 4. The largest absolute Gasteiger partial charge is 0.483 e. The van der Waals surface area contributed by atoms with Crippen LogP contribution in [0, 0.1) is 0 Å². The highest BCUT2D eigenvalue weighted by Crippen LogP contribution is 2.40. The first-order valence-corrected chi connectivity index (χ1v) is 11.5. The summed E-state index contributed by atoms with van der Waals surface area (Å²) in [5.74, 6) is 0.601. The number of nitrogens with two attached hydrogens (primary N) is 1. The lowest BCUT2D eigenvalue weighted by Gasteiger charge is -2.38. The summed E-state index contributed by atoms with van der Waals surface area (Å²) in [6, 6.07) is 21.0. The second-order valence-electron chi connectivity index (χ2n) is 9.30. The van der Waals surface area contributed by atoms with Crippen LogP contribution in [0.25, 0.3) is 10.8 Å². The summed E-state index contributed by atoms with van der Waals surface area (Å²) in [6.07, 6.45) is 3.00. The van der Waals surface area contributed by atoms with Crippen molar-refractivity contribution in [2.75, 3.05) is 27.2 Å². The molecule has 2 N–H and O–H groups in total. The normalized spacial score (nSPS) is 23.2. The predicted octanol–water partition coefficient (Wildman–Crippen LogP) is 4.01. The van der Waals surface area contributed by atoms with E-state index in [-0.39, 0.29) is 24.1 Å². The second-order valence-corrected chi connectivity index (χ2v) is 9.30. The molecule has 0 aromatic heterocycles. The highest BCUT2D eigenvalue weighted by Gasteiger charge is 2.39. The molecule has 1 fully saturated rings. The van der Waals surface area contributed by atoms with Crippen LogP contribution in [0.1, 0.15) is 40.4 Å². The van der Waals surface area contributed by atoms with Gasteiger partial charge in [0.1, 0.15) is 11.9 Å². The average Bonchev–Trinajstić information content (AvgIpc) is 3.16. The number of piperidine rings is 1. The Balaban J connectivity index is 1.57. The highest BCUT2D eigenvalue weighted by atomic mass is 16.5. The zero-order valence-corrected chi connectivity index (χ0v) is 18.8. The molecule has 0 radical (unpaired) electrons. The third kappa shape index (κ3) is 3.87. The monoisotopic (exact) mass is 429 g/mol. The Morgan fingerprint density at radius 1 is 1.06 bits per heavy atom. The fraction of sp³-hybridized carbons (Fsp3) is 0.370. The molecule has 3 atom stereocenters. The minimum absolute atomic E-state index is 0.0476. The van der Waals surface area contributed by atoms with Crippen LogP contribution in [0.2, 0.25) is 0 Å². The lowest BCUT2D eigenvalue weighted by Crippen LogP contribution is -2.49. The van der Waals surface area contributed by atoms with Crippen LogP contribution in [0.5, 0.6) is 5.75 Å². The average molecular weight is 430 g/mol. The molecule has 1 heterocycles. The van der Waals surface area contributed by atoms with Crippen molar-refractivity contribution in [3.05, 3.63) is 77.4 Å². The number of nitrogens with zero attached hydrogens (tertiary/aromatic N) is 2. The van der Waals surface area contributed by atoms with Gasteiger partial charge in [0.15, 0.2) is 0 Å². The zero-order valence-electron chi connectivity index (χ0n) is 18.8. The van der Waals surface area contributed by atoms with E-state index in [1.54, 1.807) is 19.0 Å². The van der Waals surface area contributed by atoms with E-state index in [1.165, 1.54) is 11.1 Å². The molecule has 166 valence electrons. The van der Waals surface area contributed by atoms with Gasteiger partial charge in [-0.05, 0) is 59.8 Å². The highest BCUT2D eigenvalue weighted by molar-refractivity contribution is 6.01. The SMILES string of the molecule is CN(C)C(=O)c1cc2ccccc2cc1O[C@@H]1c2ccccc2CC1N1CCC[C@@H](N)C1. The molecule has 3 aromatic carbocycles. The van der Waals surface area contributed by atoms with Crippen molar-refractivity contribution in [3.63, 3.8) is 0 Å². The summed E-state index contributed by atoms with van der Waals surface area (Å²) in [5, 5.41) is 2.11. The van der Waals surface area contributed by atoms with E-state index in [9.17, 15) is 4.79 Å². The number of hydrogen-bond acceptors (Lipinski definition) is 4. The van der Waals surface area contributed by atoms with E-state index >= 15 is 0 Å². The molecule has 1 aliphatic heterocycles. The van der Waals surface area contributed by atoms with Gasteiger partial charge in [-0.25, -0.2) is 0 Å². The second kappa shape index (κ2) is 8.57. The van der Waals surface area contributed by atoms with Crippen molar-refractivity contribution in [3.8, 4) is 5.75 Å². The Morgan fingerprint density at radius 3 is 2.53 bits per heavy atom. The standard InChI is InChI=1S/C27H31N3O2/c1-29(2)27(31)23-14-18-8-3-4-9-19(18)16-25(23)32-26-22-12-6-5-10-20(22)15-24(26)30-13-7-11-21(28)17-30/h3-6,8-10,12,14,16,21,24,26H,7,11,13,15,17,28H2,1-2H3/t21-,24?,26-/m1/s1. The van der Waals surface area contributed by atoms with Crippen molar-refractivity contribution < 1.29 is 9.53 Å². The number of amides is 1. The van der Waals surface area contributed by atoms with Crippen molar-refractivity contribution in [1.29, 1.82) is 0 Å². The van der Waals surface area contributed by atoms with Gasteiger partial charge in [-0.3, -0.25) is 9.69 Å². The van der Waals surface area contributed by atoms with Gasteiger partial charge < -0.3 is 15.4 Å². The summed E-state index contributed by atoms with van der Waals surface area (Å²) in [5.41, 5.74) is 9.46. The lowest BCUT2D eigenvalue weighted by atomic mass is 10.0. The van der Waals surface area contributed by atoms with Gasteiger partial charge in [-0.2, -0.15) is 0 Å². The molecule has 32 heavy (non-hydrogen) atoms. The van der Waals surface area contributed by atoms with E-state index in [0.29, 0.717) is 11.3 Å². The Hall–Kier alpha value is -2.89. The molecular weight excluding hydrogens is 398 g/mol. The Morgan fingerprint density at radius 2 is 1.78 bits per heavy atom. The number of likely N-dealkylation sites (tertiary alicyclic amines) is 1. The number of carbonyl (C=O) groups is 1. The summed E-state index contributed by atoms with van der Waals surface area (Å²) < 4.78 is 6.78. The van der Waals surface area contributed by atoms with Gasteiger partial charge in [0.25, 0.3) is 5.91 Å². The smallest absolute Gasteiger partial charge is 0.257 e.